The second-order valence-corrected chi connectivity index (χ2v) is 7.60. The highest BCUT2D eigenvalue weighted by atomic mass is 79.9. The van der Waals surface area contributed by atoms with Crippen molar-refractivity contribution in [1.29, 1.82) is 0 Å². The second kappa shape index (κ2) is 5.74. The molecule has 2 aromatic heterocycles. The maximum atomic E-state index is 12.7. The molecular weight excluding hydrogens is 396 g/mol. The van der Waals surface area contributed by atoms with Gasteiger partial charge < -0.3 is 0 Å². The number of rotatable bonds is 2. The van der Waals surface area contributed by atoms with Gasteiger partial charge in [0, 0.05) is 19.4 Å². The van der Waals surface area contributed by atoms with Crippen LogP contribution in [0.2, 0.25) is 5.02 Å². The van der Waals surface area contributed by atoms with E-state index in [0.29, 0.717) is 22.5 Å². The Morgan fingerprint density at radius 1 is 1.17 bits per heavy atom. The largest absolute Gasteiger partial charge is 0.293 e. The van der Waals surface area contributed by atoms with Crippen LogP contribution in [0.3, 0.4) is 0 Å². The number of nitrogens with zero attached hydrogens (tertiary/aromatic N) is 2. The summed E-state index contributed by atoms with van der Waals surface area (Å²) in [6.07, 6.45) is 1.58. The Labute approximate surface area is 149 Å². The Balaban J connectivity index is 1.84. The van der Waals surface area contributed by atoms with E-state index in [1.165, 1.54) is 0 Å². The fourth-order valence-corrected chi connectivity index (χ4v) is 4.42. The first-order chi connectivity index (χ1) is 11.1. The molecule has 0 fully saturated rings. The molecule has 0 saturated carbocycles. The molecule has 0 radical (unpaired) electrons. The topological polar surface area (TPSA) is 34.9 Å². The molecule has 2 heterocycles. The Morgan fingerprint density at radius 3 is 2.83 bits per heavy atom. The SMILES string of the molecule is O=c1c2cc(Br)ccc2ncn1Cc1sc2ccccc2c1Cl. The molecule has 23 heavy (non-hydrogen) atoms. The lowest BCUT2D eigenvalue weighted by Crippen LogP contribution is -2.20. The summed E-state index contributed by atoms with van der Waals surface area (Å²) < 4.78 is 3.59. The van der Waals surface area contributed by atoms with E-state index in [1.54, 1.807) is 28.3 Å². The summed E-state index contributed by atoms with van der Waals surface area (Å²) in [5.74, 6) is 0. The fourth-order valence-electron chi connectivity index (χ4n) is 2.56. The fraction of sp³-hybridized carbons (Fsp3) is 0.0588. The van der Waals surface area contributed by atoms with Crippen molar-refractivity contribution in [3.05, 3.63) is 73.5 Å². The molecule has 0 aliphatic heterocycles. The predicted octanol–water partition coefficient (Wildman–Crippen LogP) is 5.08. The van der Waals surface area contributed by atoms with Crippen LogP contribution in [0.15, 0.2) is 58.1 Å². The molecule has 0 saturated heterocycles. The molecule has 4 aromatic rings. The van der Waals surface area contributed by atoms with Crippen molar-refractivity contribution < 1.29 is 0 Å². The van der Waals surface area contributed by atoms with Crippen molar-refractivity contribution >= 4 is 59.9 Å². The molecular formula is C17H10BrClN2OS. The summed E-state index contributed by atoms with van der Waals surface area (Å²) in [6, 6.07) is 13.5. The van der Waals surface area contributed by atoms with Crippen molar-refractivity contribution in [2.24, 2.45) is 0 Å². The van der Waals surface area contributed by atoms with Crippen molar-refractivity contribution in [3.8, 4) is 0 Å². The van der Waals surface area contributed by atoms with Gasteiger partial charge >= 0.3 is 0 Å². The van der Waals surface area contributed by atoms with Crippen molar-refractivity contribution in [3.63, 3.8) is 0 Å². The van der Waals surface area contributed by atoms with Gasteiger partial charge in [-0.2, -0.15) is 0 Å². The quantitative estimate of drug-likeness (QED) is 0.466. The Bertz CT molecular complexity index is 1100. The molecule has 0 N–H and O–H groups in total. The van der Waals surface area contributed by atoms with Crippen LogP contribution in [-0.2, 0) is 6.54 Å². The summed E-state index contributed by atoms with van der Waals surface area (Å²) >= 11 is 11.5. The Morgan fingerprint density at radius 2 is 2.00 bits per heavy atom. The third-order valence-corrected chi connectivity index (χ3v) is 5.89. The summed E-state index contributed by atoms with van der Waals surface area (Å²) in [6.45, 7) is 0.423. The number of fused-ring (bicyclic) bond motifs is 2. The van der Waals surface area contributed by atoms with Crippen LogP contribution in [0.5, 0.6) is 0 Å². The molecule has 0 amide bonds. The third-order valence-electron chi connectivity index (χ3n) is 3.70. The van der Waals surface area contributed by atoms with E-state index in [0.717, 1.165) is 19.4 Å². The smallest absolute Gasteiger partial charge is 0.261 e. The number of hydrogen-bond donors (Lipinski definition) is 0. The molecule has 0 spiro atoms. The van der Waals surface area contributed by atoms with E-state index >= 15 is 0 Å². The van der Waals surface area contributed by atoms with Crippen LogP contribution in [0, 0.1) is 0 Å². The second-order valence-electron chi connectivity index (χ2n) is 5.17. The van der Waals surface area contributed by atoms with Gasteiger partial charge in [-0.15, -0.1) is 11.3 Å². The van der Waals surface area contributed by atoms with Gasteiger partial charge in [-0.3, -0.25) is 9.36 Å². The molecule has 0 aliphatic rings. The average Bonchev–Trinajstić information content (AvgIpc) is 2.87. The molecule has 3 nitrogen and oxygen atoms in total. The molecule has 4 rings (SSSR count). The molecule has 0 aliphatic carbocycles. The van der Waals surface area contributed by atoms with Gasteiger partial charge in [-0.05, 0) is 24.3 Å². The first kappa shape index (κ1) is 14.9. The molecule has 2 aromatic carbocycles. The van der Waals surface area contributed by atoms with Crippen LogP contribution in [0.25, 0.3) is 21.0 Å². The Hall–Kier alpha value is -1.69. The van der Waals surface area contributed by atoms with E-state index in [1.807, 2.05) is 36.4 Å². The van der Waals surface area contributed by atoms with E-state index in [4.69, 9.17) is 11.6 Å². The number of thiophene rings is 1. The summed E-state index contributed by atoms with van der Waals surface area (Å²) in [4.78, 5) is 18.0. The van der Waals surface area contributed by atoms with Crippen LogP contribution in [-0.4, -0.2) is 9.55 Å². The average molecular weight is 406 g/mol. The van der Waals surface area contributed by atoms with Gasteiger partial charge in [0.25, 0.3) is 5.56 Å². The number of halogens is 2. The lowest BCUT2D eigenvalue weighted by molar-refractivity contribution is 0.758. The lowest BCUT2D eigenvalue weighted by Gasteiger charge is -2.06. The molecule has 114 valence electrons. The van der Waals surface area contributed by atoms with Crippen LogP contribution in [0.1, 0.15) is 4.88 Å². The van der Waals surface area contributed by atoms with Crippen molar-refractivity contribution in [2.45, 2.75) is 6.54 Å². The molecule has 0 bridgehead atoms. The van der Waals surface area contributed by atoms with Crippen molar-refractivity contribution in [2.75, 3.05) is 0 Å². The zero-order valence-corrected chi connectivity index (χ0v) is 15.0. The first-order valence-electron chi connectivity index (χ1n) is 6.94. The highest BCUT2D eigenvalue weighted by Gasteiger charge is 2.12. The van der Waals surface area contributed by atoms with Crippen molar-refractivity contribution in [1.82, 2.24) is 9.55 Å². The van der Waals surface area contributed by atoms with Gasteiger partial charge in [0.1, 0.15) is 0 Å². The Kier molecular flexibility index (Phi) is 3.71. The highest BCUT2D eigenvalue weighted by Crippen LogP contribution is 2.35. The lowest BCUT2D eigenvalue weighted by atomic mass is 10.2. The van der Waals surface area contributed by atoms with Gasteiger partial charge in [-0.25, -0.2) is 4.98 Å². The van der Waals surface area contributed by atoms with E-state index in [-0.39, 0.29) is 5.56 Å². The van der Waals surface area contributed by atoms with Gasteiger partial charge in [0.2, 0.25) is 0 Å². The summed E-state index contributed by atoms with van der Waals surface area (Å²) in [7, 11) is 0. The summed E-state index contributed by atoms with van der Waals surface area (Å²) in [5, 5.41) is 2.34. The minimum Gasteiger partial charge on any atom is -0.293 e. The van der Waals surface area contributed by atoms with E-state index < -0.39 is 0 Å². The van der Waals surface area contributed by atoms with Gasteiger partial charge in [0.15, 0.2) is 0 Å². The third kappa shape index (κ3) is 2.59. The molecule has 0 unspecified atom stereocenters. The van der Waals surface area contributed by atoms with Crippen LogP contribution >= 0.6 is 38.9 Å². The van der Waals surface area contributed by atoms with Gasteiger partial charge in [-0.1, -0.05) is 45.7 Å². The number of hydrogen-bond acceptors (Lipinski definition) is 3. The monoisotopic (exact) mass is 404 g/mol. The van der Waals surface area contributed by atoms with E-state index in [2.05, 4.69) is 20.9 Å². The molecule has 0 atom stereocenters. The number of benzene rings is 2. The minimum absolute atomic E-state index is 0.0650. The zero-order chi connectivity index (χ0) is 16.0. The van der Waals surface area contributed by atoms with Gasteiger partial charge in [0.05, 0.1) is 28.8 Å². The predicted molar refractivity (Wildman–Crippen MR) is 99.6 cm³/mol. The van der Waals surface area contributed by atoms with Crippen LogP contribution < -0.4 is 5.56 Å². The minimum atomic E-state index is -0.0650. The maximum absolute atomic E-state index is 12.7. The maximum Gasteiger partial charge on any atom is 0.261 e. The first-order valence-corrected chi connectivity index (χ1v) is 8.93. The molecule has 6 heteroatoms. The summed E-state index contributed by atoms with van der Waals surface area (Å²) in [5.41, 5.74) is 0.627. The highest BCUT2D eigenvalue weighted by molar-refractivity contribution is 9.10. The normalized spacial score (nSPS) is 11.4. The van der Waals surface area contributed by atoms with E-state index in [9.17, 15) is 4.79 Å². The zero-order valence-electron chi connectivity index (χ0n) is 11.8. The standard InChI is InChI=1S/C17H10BrClN2OS/c18-10-5-6-13-12(7-10)17(22)21(9-20-13)8-15-16(19)11-3-1-2-4-14(11)23-15/h1-7,9H,8H2. The van der Waals surface area contributed by atoms with Crippen LogP contribution in [0.4, 0.5) is 0 Å². The number of aromatic nitrogens is 2.